The van der Waals surface area contributed by atoms with Crippen molar-refractivity contribution in [1.29, 1.82) is 0 Å². The summed E-state index contributed by atoms with van der Waals surface area (Å²) in [6.45, 7) is 7.54. The minimum absolute atomic E-state index is 0.0917. The summed E-state index contributed by atoms with van der Waals surface area (Å²) in [5.74, 6) is 0.00106. The number of piperazine rings is 1. The summed E-state index contributed by atoms with van der Waals surface area (Å²) in [5.41, 5.74) is 0.779. The molecule has 0 radical (unpaired) electrons. The topological polar surface area (TPSA) is 86.8 Å². The zero-order valence-corrected chi connectivity index (χ0v) is 19.5. The molecule has 1 fully saturated rings. The maximum absolute atomic E-state index is 12.4. The van der Waals surface area contributed by atoms with Crippen molar-refractivity contribution in [2.75, 3.05) is 39.3 Å². The van der Waals surface area contributed by atoms with Gasteiger partial charge in [-0.2, -0.15) is 0 Å². The van der Waals surface area contributed by atoms with Gasteiger partial charge in [-0.3, -0.25) is 14.5 Å². The highest BCUT2D eigenvalue weighted by Crippen LogP contribution is 2.17. The van der Waals surface area contributed by atoms with Crippen LogP contribution in [0.5, 0.6) is 0 Å². The molecule has 2 heterocycles. The Morgan fingerprint density at radius 1 is 1.06 bits per heavy atom. The fourth-order valence-corrected chi connectivity index (χ4v) is 5.15. The summed E-state index contributed by atoms with van der Waals surface area (Å²) in [6.07, 6.45) is 0.213. The first-order valence-electron chi connectivity index (χ1n) is 10.4. The number of hydrogen-bond donors (Lipinski definition) is 1. The van der Waals surface area contributed by atoms with Crippen LogP contribution in [0.25, 0.3) is 0 Å². The number of nitrogens with one attached hydrogen (secondary N) is 1. The van der Waals surface area contributed by atoms with Crippen LogP contribution < -0.4 is 5.32 Å². The van der Waals surface area contributed by atoms with Gasteiger partial charge in [0.05, 0.1) is 21.4 Å². The Morgan fingerprint density at radius 3 is 2.32 bits per heavy atom. The van der Waals surface area contributed by atoms with Gasteiger partial charge in [-0.05, 0) is 43.0 Å². The van der Waals surface area contributed by atoms with E-state index in [1.54, 1.807) is 38.1 Å². The molecule has 2 aromatic rings. The lowest BCUT2D eigenvalue weighted by molar-refractivity contribution is -0.120. The lowest BCUT2D eigenvalue weighted by Crippen LogP contribution is -2.50. The molecule has 1 aromatic carbocycles. The summed E-state index contributed by atoms with van der Waals surface area (Å²) in [6, 6.07) is 10.3. The average Bonchev–Trinajstić information content (AvgIpc) is 3.29. The van der Waals surface area contributed by atoms with Gasteiger partial charge in [0.2, 0.25) is 5.91 Å². The van der Waals surface area contributed by atoms with Crippen LogP contribution >= 0.6 is 11.3 Å². The Hall–Kier alpha value is -2.23. The van der Waals surface area contributed by atoms with Crippen LogP contribution in [0.15, 0.2) is 46.7 Å². The summed E-state index contributed by atoms with van der Waals surface area (Å²) >= 11 is 1.46. The highest BCUT2D eigenvalue weighted by atomic mass is 32.2. The molecule has 31 heavy (non-hydrogen) atoms. The molecule has 0 atom stereocenters. The van der Waals surface area contributed by atoms with Crippen molar-refractivity contribution >= 4 is 33.0 Å². The number of nitrogens with zero attached hydrogens (tertiary/aromatic N) is 2. The first-order chi connectivity index (χ1) is 14.8. The van der Waals surface area contributed by atoms with Crippen LogP contribution in [-0.4, -0.2) is 74.6 Å². The second-order valence-electron chi connectivity index (χ2n) is 7.88. The Morgan fingerprint density at radius 2 is 1.74 bits per heavy atom. The van der Waals surface area contributed by atoms with Crippen molar-refractivity contribution < 1.29 is 18.0 Å². The maximum Gasteiger partial charge on any atom is 0.264 e. The number of amides is 2. The average molecular weight is 464 g/mol. The smallest absolute Gasteiger partial charge is 0.264 e. The number of hydrogen-bond acceptors (Lipinski definition) is 6. The van der Waals surface area contributed by atoms with Crippen LogP contribution in [0.3, 0.4) is 0 Å². The van der Waals surface area contributed by atoms with E-state index in [1.807, 2.05) is 22.4 Å². The molecule has 0 unspecified atom stereocenters. The second-order valence-corrected chi connectivity index (χ2v) is 11.3. The molecule has 0 bridgehead atoms. The third-order valence-electron chi connectivity index (χ3n) is 5.38. The molecule has 168 valence electrons. The van der Waals surface area contributed by atoms with Crippen LogP contribution in [-0.2, 0) is 21.1 Å². The molecular weight excluding hydrogens is 434 g/mol. The van der Waals surface area contributed by atoms with E-state index in [1.165, 1.54) is 11.3 Å². The lowest BCUT2D eigenvalue weighted by atomic mass is 10.1. The van der Waals surface area contributed by atoms with Gasteiger partial charge in [-0.1, -0.05) is 18.2 Å². The van der Waals surface area contributed by atoms with E-state index in [-0.39, 0.29) is 23.1 Å². The van der Waals surface area contributed by atoms with Crippen molar-refractivity contribution in [3.63, 3.8) is 0 Å². The fourth-order valence-electron chi connectivity index (χ4n) is 3.40. The third kappa shape index (κ3) is 6.15. The van der Waals surface area contributed by atoms with Crippen LogP contribution in [0.2, 0.25) is 0 Å². The quantitative estimate of drug-likeness (QED) is 0.648. The van der Waals surface area contributed by atoms with E-state index in [4.69, 9.17) is 0 Å². The van der Waals surface area contributed by atoms with Crippen molar-refractivity contribution in [2.45, 2.75) is 30.4 Å². The molecule has 1 N–H and O–H groups in total. The van der Waals surface area contributed by atoms with Gasteiger partial charge in [-0.25, -0.2) is 8.42 Å². The molecule has 1 saturated heterocycles. The molecule has 2 amide bonds. The zero-order valence-electron chi connectivity index (χ0n) is 17.9. The fraction of sp³-hybridized carbons (Fsp3) is 0.455. The second kappa shape index (κ2) is 10.4. The van der Waals surface area contributed by atoms with Gasteiger partial charge < -0.3 is 10.2 Å². The van der Waals surface area contributed by atoms with Crippen LogP contribution in [0, 0.1) is 0 Å². The molecule has 9 heteroatoms. The molecular formula is C22H29N3O4S2. The lowest BCUT2D eigenvalue weighted by Gasteiger charge is -2.34. The van der Waals surface area contributed by atoms with Gasteiger partial charge in [0.1, 0.15) is 0 Å². The number of sulfone groups is 1. The monoisotopic (exact) mass is 463 g/mol. The Kier molecular flexibility index (Phi) is 7.85. The van der Waals surface area contributed by atoms with E-state index in [2.05, 4.69) is 10.2 Å². The predicted octanol–water partition coefficient (Wildman–Crippen LogP) is 2.05. The summed E-state index contributed by atoms with van der Waals surface area (Å²) in [4.78, 5) is 29.8. The minimum Gasteiger partial charge on any atom is -0.355 e. The standard InChI is InChI=1S/C22H29N3O4S2/c1-17(2)31(28,29)19-7-5-18(6-8-19)16-21(26)23-9-10-24-11-13-25(14-12-24)22(27)20-4-3-15-30-20/h3-8,15,17H,9-14,16H2,1-2H3,(H,23,26). The molecule has 7 nitrogen and oxygen atoms in total. The summed E-state index contributed by atoms with van der Waals surface area (Å²) < 4.78 is 24.3. The number of benzene rings is 1. The molecule has 1 aliphatic heterocycles. The Labute approximate surface area is 188 Å². The first kappa shape index (κ1) is 23.4. The van der Waals surface area contributed by atoms with Gasteiger partial charge in [0.15, 0.2) is 9.84 Å². The number of thiophene rings is 1. The number of carbonyl (C=O) groups excluding carboxylic acids is 2. The van der Waals surface area contributed by atoms with Crippen molar-refractivity contribution in [2.24, 2.45) is 0 Å². The molecule has 3 rings (SSSR count). The first-order valence-corrected chi connectivity index (χ1v) is 12.8. The van der Waals surface area contributed by atoms with Crippen molar-refractivity contribution in [3.8, 4) is 0 Å². The third-order valence-corrected chi connectivity index (χ3v) is 8.41. The molecule has 0 aliphatic carbocycles. The van der Waals surface area contributed by atoms with E-state index in [0.717, 1.165) is 30.1 Å². The van der Waals surface area contributed by atoms with Crippen LogP contribution in [0.4, 0.5) is 0 Å². The molecule has 0 spiro atoms. The van der Waals surface area contributed by atoms with Crippen molar-refractivity contribution in [1.82, 2.24) is 15.1 Å². The van der Waals surface area contributed by atoms with E-state index in [0.29, 0.717) is 19.6 Å². The predicted molar refractivity (Wildman–Crippen MR) is 122 cm³/mol. The molecule has 1 aliphatic rings. The van der Waals surface area contributed by atoms with Gasteiger partial charge in [0, 0.05) is 39.3 Å². The number of rotatable bonds is 8. The van der Waals surface area contributed by atoms with E-state index in [9.17, 15) is 18.0 Å². The molecule has 0 saturated carbocycles. The van der Waals surface area contributed by atoms with E-state index >= 15 is 0 Å². The summed E-state index contributed by atoms with van der Waals surface area (Å²) in [7, 11) is -3.30. The molecule has 1 aromatic heterocycles. The van der Waals surface area contributed by atoms with Crippen molar-refractivity contribution in [3.05, 3.63) is 52.2 Å². The highest BCUT2D eigenvalue weighted by Gasteiger charge is 2.22. The normalized spacial score (nSPS) is 15.3. The highest BCUT2D eigenvalue weighted by molar-refractivity contribution is 7.92. The SMILES string of the molecule is CC(C)S(=O)(=O)c1ccc(CC(=O)NCCN2CCN(C(=O)c3cccs3)CC2)cc1. The van der Waals surface area contributed by atoms with Crippen LogP contribution in [0.1, 0.15) is 29.1 Å². The Balaban J connectivity index is 1.38. The number of carbonyl (C=O) groups is 2. The minimum atomic E-state index is -3.30. The largest absolute Gasteiger partial charge is 0.355 e. The summed E-state index contributed by atoms with van der Waals surface area (Å²) in [5, 5.41) is 4.36. The van der Waals surface area contributed by atoms with Gasteiger partial charge >= 0.3 is 0 Å². The maximum atomic E-state index is 12.4. The zero-order chi connectivity index (χ0) is 22.4. The van der Waals surface area contributed by atoms with E-state index < -0.39 is 15.1 Å². The van der Waals surface area contributed by atoms with Gasteiger partial charge in [0.25, 0.3) is 5.91 Å². The van der Waals surface area contributed by atoms with Gasteiger partial charge in [-0.15, -0.1) is 11.3 Å². The Bertz CT molecular complexity index is 978.